The van der Waals surface area contributed by atoms with Crippen molar-refractivity contribution < 1.29 is 22.0 Å². The summed E-state index contributed by atoms with van der Waals surface area (Å²) in [5.41, 5.74) is 0.491. The van der Waals surface area contributed by atoms with Crippen LogP contribution in [0, 0.1) is 11.7 Å². The maximum absolute atomic E-state index is 13.1. The summed E-state index contributed by atoms with van der Waals surface area (Å²) in [5, 5.41) is 14.4. The van der Waals surface area contributed by atoms with E-state index in [9.17, 15) is 17.6 Å². The fourth-order valence-corrected chi connectivity index (χ4v) is 4.70. The Morgan fingerprint density at radius 1 is 1.17 bits per heavy atom. The Morgan fingerprint density at radius 2 is 1.87 bits per heavy atom. The molecule has 1 aromatic carbocycles. The van der Waals surface area contributed by atoms with Gasteiger partial charge in [0.15, 0.2) is 0 Å². The molecular formula is C18H19FN6O4S. The first-order chi connectivity index (χ1) is 14.3. The number of nitrogens with zero attached hydrogens (tertiary/aromatic N) is 5. The van der Waals surface area contributed by atoms with Gasteiger partial charge in [0.05, 0.1) is 4.90 Å². The van der Waals surface area contributed by atoms with Gasteiger partial charge in [-0.05, 0) is 43.2 Å². The molecule has 158 valence electrons. The molecule has 0 bridgehead atoms. The highest BCUT2D eigenvalue weighted by Gasteiger charge is 2.32. The molecule has 0 aliphatic carbocycles. The van der Waals surface area contributed by atoms with Crippen molar-refractivity contribution in [2.24, 2.45) is 13.0 Å². The zero-order valence-corrected chi connectivity index (χ0v) is 16.8. The van der Waals surface area contributed by atoms with Crippen molar-refractivity contribution in [1.29, 1.82) is 0 Å². The summed E-state index contributed by atoms with van der Waals surface area (Å²) >= 11 is 0. The van der Waals surface area contributed by atoms with Crippen LogP contribution in [0.3, 0.4) is 0 Å². The lowest BCUT2D eigenvalue weighted by molar-refractivity contribution is -0.121. The minimum absolute atomic E-state index is 0.0275. The van der Waals surface area contributed by atoms with Crippen LogP contribution in [0.5, 0.6) is 0 Å². The quantitative estimate of drug-likeness (QED) is 0.648. The van der Waals surface area contributed by atoms with Gasteiger partial charge >= 0.3 is 6.01 Å². The Kier molecular flexibility index (Phi) is 5.35. The monoisotopic (exact) mass is 434 g/mol. The summed E-state index contributed by atoms with van der Waals surface area (Å²) in [6.07, 6.45) is 2.41. The summed E-state index contributed by atoms with van der Waals surface area (Å²) in [5.74, 6) is -1.03. The van der Waals surface area contributed by atoms with E-state index >= 15 is 0 Å². The van der Waals surface area contributed by atoms with Crippen molar-refractivity contribution in [2.75, 3.05) is 18.4 Å². The highest BCUT2D eigenvalue weighted by Crippen LogP contribution is 2.25. The molecule has 1 N–H and O–H groups in total. The number of aryl methyl sites for hydroxylation is 1. The van der Waals surface area contributed by atoms with Gasteiger partial charge < -0.3 is 4.42 Å². The highest BCUT2D eigenvalue weighted by atomic mass is 32.2. The maximum Gasteiger partial charge on any atom is 0.322 e. The molecule has 30 heavy (non-hydrogen) atoms. The van der Waals surface area contributed by atoms with Crippen LogP contribution in [0.25, 0.3) is 11.6 Å². The Morgan fingerprint density at radius 3 is 2.50 bits per heavy atom. The van der Waals surface area contributed by atoms with Crippen molar-refractivity contribution in [2.45, 2.75) is 17.7 Å². The lowest BCUT2D eigenvalue weighted by Crippen LogP contribution is -2.41. The molecule has 3 heterocycles. The zero-order valence-electron chi connectivity index (χ0n) is 16.0. The van der Waals surface area contributed by atoms with Gasteiger partial charge in [-0.3, -0.25) is 14.8 Å². The van der Waals surface area contributed by atoms with Gasteiger partial charge in [-0.2, -0.15) is 9.40 Å². The van der Waals surface area contributed by atoms with Crippen LogP contribution in [0.15, 0.2) is 45.8 Å². The molecule has 1 fully saturated rings. The number of benzene rings is 1. The number of hydrogen-bond donors (Lipinski definition) is 1. The van der Waals surface area contributed by atoms with Gasteiger partial charge in [0.2, 0.25) is 15.9 Å². The predicted octanol–water partition coefficient (Wildman–Crippen LogP) is 1.65. The molecule has 1 aliphatic rings. The SMILES string of the molecule is Cn1ccc(-c2nnc(NC(=O)C3CCN(S(=O)(=O)c4ccc(F)cc4)CC3)o2)n1. The summed E-state index contributed by atoms with van der Waals surface area (Å²) < 4.78 is 46.7. The first-order valence-electron chi connectivity index (χ1n) is 9.23. The van der Waals surface area contributed by atoms with Crippen molar-refractivity contribution in [1.82, 2.24) is 24.3 Å². The molecule has 1 saturated heterocycles. The molecule has 10 nitrogen and oxygen atoms in total. The number of anilines is 1. The molecule has 1 aliphatic heterocycles. The van der Waals surface area contributed by atoms with Crippen LogP contribution in [-0.2, 0) is 21.9 Å². The van der Waals surface area contributed by atoms with E-state index in [1.165, 1.54) is 16.4 Å². The minimum Gasteiger partial charge on any atom is -0.401 e. The van der Waals surface area contributed by atoms with Gasteiger partial charge in [0, 0.05) is 32.3 Å². The van der Waals surface area contributed by atoms with Crippen molar-refractivity contribution in [3.63, 3.8) is 0 Å². The first kappa shape index (κ1) is 20.2. The van der Waals surface area contributed by atoms with E-state index in [2.05, 4.69) is 20.6 Å². The van der Waals surface area contributed by atoms with Crippen LogP contribution in [0.1, 0.15) is 12.8 Å². The molecule has 0 saturated carbocycles. The number of carbonyl (C=O) groups is 1. The van der Waals surface area contributed by atoms with E-state index in [-0.39, 0.29) is 35.8 Å². The number of halogens is 1. The van der Waals surface area contributed by atoms with E-state index in [0.29, 0.717) is 18.5 Å². The average molecular weight is 434 g/mol. The molecule has 12 heteroatoms. The van der Waals surface area contributed by atoms with Gasteiger partial charge in [-0.25, -0.2) is 12.8 Å². The van der Waals surface area contributed by atoms with Gasteiger partial charge in [-0.1, -0.05) is 5.10 Å². The van der Waals surface area contributed by atoms with E-state index in [0.717, 1.165) is 12.1 Å². The van der Waals surface area contributed by atoms with Gasteiger partial charge in [-0.15, -0.1) is 5.10 Å². The Bertz CT molecular complexity index is 1150. The van der Waals surface area contributed by atoms with Gasteiger partial charge in [0.25, 0.3) is 5.89 Å². The maximum atomic E-state index is 13.1. The predicted molar refractivity (Wildman–Crippen MR) is 103 cm³/mol. The Balaban J connectivity index is 1.35. The molecule has 1 amide bonds. The lowest BCUT2D eigenvalue weighted by atomic mass is 9.97. The Labute approximate surface area is 171 Å². The number of rotatable bonds is 5. The second kappa shape index (κ2) is 7.95. The zero-order chi connectivity index (χ0) is 21.3. The number of amides is 1. The number of carbonyl (C=O) groups excluding carboxylic acids is 1. The molecule has 2 aromatic heterocycles. The molecule has 0 atom stereocenters. The molecule has 0 spiro atoms. The largest absolute Gasteiger partial charge is 0.401 e. The average Bonchev–Trinajstić information content (AvgIpc) is 3.37. The first-order valence-corrected chi connectivity index (χ1v) is 10.7. The van der Waals surface area contributed by atoms with Gasteiger partial charge in [0.1, 0.15) is 11.5 Å². The fourth-order valence-electron chi connectivity index (χ4n) is 3.23. The molecular weight excluding hydrogens is 415 g/mol. The molecule has 4 rings (SSSR count). The van der Waals surface area contributed by atoms with Crippen LogP contribution in [-0.4, -0.2) is 51.7 Å². The van der Waals surface area contributed by atoms with E-state index in [1.54, 1.807) is 24.0 Å². The molecule has 0 unspecified atom stereocenters. The third kappa shape index (κ3) is 4.09. The number of nitrogens with one attached hydrogen (secondary N) is 1. The fraction of sp³-hybridized carbons (Fsp3) is 0.333. The highest BCUT2D eigenvalue weighted by molar-refractivity contribution is 7.89. The van der Waals surface area contributed by atoms with Crippen molar-refractivity contribution in [3.05, 3.63) is 42.3 Å². The van der Waals surface area contributed by atoms with E-state index < -0.39 is 21.8 Å². The standard InChI is InChI=1S/C18H19FN6O4S/c1-24-9-8-15(23-24)17-21-22-18(29-17)20-16(26)12-6-10-25(11-7-12)30(27,28)14-4-2-13(19)3-5-14/h2-5,8-9,12H,6-7,10-11H2,1H3,(H,20,22,26). The molecule has 0 radical (unpaired) electrons. The normalized spacial score (nSPS) is 15.9. The van der Waals surface area contributed by atoms with Crippen molar-refractivity contribution in [3.8, 4) is 11.6 Å². The van der Waals surface area contributed by atoms with E-state index in [4.69, 9.17) is 4.42 Å². The topological polar surface area (TPSA) is 123 Å². The third-order valence-electron chi connectivity index (χ3n) is 4.86. The summed E-state index contributed by atoms with van der Waals surface area (Å²) in [6, 6.07) is 6.35. The smallest absolute Gasteiger partial charge is 0.322 e. The lowest BCUT2D eigenvalue weighted by Gasteiger charge is -2.30. The van der Waals surface area contributed by atoms with Crippen LogP contribution in [0.4, 0.5) is 10.4 Å². The minimum atomic E-state index is -3.73. The second-order valence-corrected chi connectivity index (χ2v) is 8.85. The number of hydrogen-bond acceptors (Lipinski definition) is 7. The van der Waals surface area contributed by atoms with Crippen LogP contribution in [0.2, 0.25) is 0 Å². The summed E-state index contributed by atoms with van der Waals surface area (Å²) in [7, 11) is -1.97. The van der Waals surface area contributed by atoms with Crippen LogP contribution < -0.4 is 5.32 Å². The third-order valence-corrected chi connectivity index (χ3v) is 6.78. The summed E-state index contributed by atoms with van der Waals surface area (Å²) in [4.78, 5) is 12.5. The second-order valence-electron chi connectivity index (χ2n) is 6.91. The van der Waals surface area contributed by atoms with Crippen molar-refractivity contribution >= 4 is 21.9 Å². The number of piperidine rings is 1. The number of sulfonamides is 1. The van der Waals surface area contributed by atoms with Crippen LogP contribution >= 0.6 is 0 Å². The summed E-state index contributed by atoms with van der Waals surface area (Å²) in [6.45, 7) is 0.363. The molecule has 3 aromatic rings. The Hall–Kier alpha value is -3.12. The van der Waals surface area contributed by atoms with E-state index in [1.807, 2.05) is 0 Å². The number of aromatic nitrogens is 4.